The third-order valence-corrected chi connectivity index (χ3v) is 4.01. The van der Waals surface area contributed by atoms with Gasteiger partial charge in [-0.1, -0.05) is 22.0 Å². The van der Waals surface area contributed by atoms with Crippen LogP contribution in [-0.4, -0.2) is 12.5 Å². The van der Waals surface area contributed by atoms with Crippen LogP contribution < -0.4 is 10.1 Å². The number of carbonyl (C=O) groups excluding carboxylic acids is 1. The molecule has 0 fully saturated rings. The number of anilines is 1. The van der Waals surface area contributed by atoms with E-state index in [1.54, 1.807) is 6.07 Å². The molecular weight excluding hydrogens is 398 g/mol. The van der Waals surface area contributed by atoms with Gasteiger partial charge in [0.25, 0.3) is 5.91 Å². The molecule has 3 nitrogen and oxygen atoms in total. The van der Waals surface area contributed by atoms with Crippen molar-refractivity contribution in [1.29, 1.82) is 0 Å². The van der Waals surface area contributed by atoms with Gasteiger partial charge >= 0.3 is 0 Å². The number of hydrogen-bond donors (Lipinski definition) is 1. The Hall–Kier alpha value is -1.33. The molecule has 0 bridgehead atoms. The molecule has 5 heteroatoms. The molecule has 110 valence electrons. The minimum atomic E-state index is -0.181. The Labute approximate surface area is 141 Å². The molecule has 0 aliphatic heterocycles. The average molecular weight is 413 g/mol. The van der Waals surface area contributed by atoms with E-state index in [1.807, 2.05) is 44.2 Å². The van der Waals surface area contributed by atoms with Gasteiger partial charge < -0.3 is 10.1 Å². The van der Waals surface area contributed by atoms with E-state index in [-0.39, 0.29) is 5.91 Å². The second-order valence-corrected chi connectivity index (χ2v) is 6.28. The molecule has 1 N–H and O–H groups in total. The van der Waals surface area contributed by atoms with Gasteiger partial charge in [0.2, 0.25) is 0 Å². The molecular formula is C16H15Br2NO2. The van der Waals surface area contributed by atoms with Crippen LogP contribution in [0.15, 0.2) is 45.3 Å². The van der Waals surface area contributed by atoms with Crippen LogP contribution in [0.5, 0.6) is 5.75 Å². The molecule has 0 saturated heterocycles. The average Bonchev–Trinajstić information content (AvgIpc) is 2.42. The standard InChI is InChI=1S/C16H15Br2NO2/c1-3-21-15-8-10(2)4-7-14(15)19-16(20)12-6-5-11(17)9-13(12)18/h4-9H,3H2,1-2H3,(H,19,20). The Bertz CT molecular complexity index is 671. The lowest BCUT2D eigenvalue weighted by molar-refractivity contribution is 0.102. The van der Waals surface area contributed by atoms with E-state index in [1.165, 1.54) is 0 Å². The van der Waals surface area contributed by atoms with E-state index in [9.17, 15) is 4.79 Å². The van der Waals surface area contributed by atoms with Crippen molar-refractivity contribution in [3.05, 3.63) is 56.5 Å². The van der Waals surface area contributed by atoms with E-state index in [0.29, 0.717) is 23.6 Å². The van der Waals surface area contributed by atoms with E-state index in [4.69, 9.17) is 4.74 Å². The molecule has 2 aromatic carbocycles. The van der Waals surface area contributed by atoms with E-state index < -0.39 is 0 Å². The van der Waals surface area contributed by atoms with Crippen molar-refractivity contribution >= 4 is 43.5 Å². The fourth-order valence-corrected chi connectivity index (χ4v) is 3.10. The molecule has 21 heavy (non-hydrogen) atoms. The summed E-state index contributed by atoms with van der Waals surface area (Å²) in [6, 6.07) is 11.1. The van der Waals surface area contributed by atoms with Crippen LogP contribution in [0.1, 0.15) is 22.8 Å². The zero-order chi connectivity index (χ0) is 15.4. The molecule has 0 unspecified atom stereocenters. The van der Waals surface area contributed by atoms with Gasteiger partial charge in [-0.25, -0.2) is 0 Å². The Kier molecular flexibility index (Phi) is 5.42. The number of aryl methyl sites for hydroxylation is 1. The number of nitrogens with one attached hydrogen (secondary N) is 1. The Morgan fingerprint density at radius 2 is 1.95 bits per heavy atom. The quantitative estimate of drug-likeness (QED) is 0.751. The largest absolute Gasteiger partial charge is 0.492 e. The maximum Gasteiger partial charge on any atom is 0.256 e. The van der Waals surface area contributed by atoms with Gasteiger partial charge in [-0.2, -0.15) is 0 Å². The first-order valence-electron chi connectivity index (χ1n) is 6.51. The summed E-state index contributed by atoms with van der Waals surface area (Å²) in [5.41, 5.74) is 2.32. The number of rotatable bonds is 4. The SMILES string of the molecule is CCOc1cc(C)ccc1NC(=O)c1ccc(Br)cc1Br. The van der Waals surface area contributed by atoms with Crippen molar-refractivity contribution in [3.8, 4) is 5.75 Å². The zero-order valence-corrected chi connectivity index (χ0v) is 14.9. The molecule has 0 saturated carbocycles. The van der Waals surface area contributed by atoms with Gasteiger partial charge in [-0.15, -0.1) is 0 Å². The fraction of sp³-hybridized carbons (Fsp3) is 0.188. The summed E-state index contributed by atoms with van der Waals surface area (Å²) in [4.78, 5) is 12.4. The molecule has 0 radical (unpaired) electrons. The maximum atomic E-state index is 12.4. The number of hydrogen-bond acceptors (Lipinski definition) is 2. The minimum Gasteiger partial charge on any atom is -0.492 e. The van der Waals surface area contributed by atoms with Crippen LogP contribution in [0.4, 0.5) is 5.69 Å². The van der Waals surface area contributed by atoms with Crippen LogP contribution in [0.25, 0.3) is 0 Å². The highest BCUT2D eigenvalue weighted by atomic mass is 79.9. The summed E-state index contributed by atoms with van der Waals surface area (Å²) in [6.07, 6.45) is 0. The molecule has 2 aromatic rings. The highest BCUT2D eigenvalue weighted by Gasteiger charge is 2.13. The molecule has 0 atom stereocenters. The lowest BCUT2D eigenvalue weighted by Gasteiger charge is -2.13. The second kappa shape index (κ2) is 7.09. The minimum absolute atomic E-state index is 0.181. The molecule has 0 aliphatic carbocycles. The lowest BCUT2D eigenvalue weighted by Crippen LogP contribution is -2.13. The first-order valence-corrected chi connectivity index (χ1v) is 8.09. The van der Waals surface area contributed by atoms with E-state index in [2.05, 4.69) is 37.2 Å². The number of carbonyl (C=O) groups is 1. The van der Waals surface area contributed by atoms with Gasteiger partial charge in [0, 0.05) is 8.95 Å². The molecule has 0 aromatic heterocycles. The summed E-state index contributed by atoms with van der Waals surface area (Å²) in [7, 11) is 0. The summed E-state index contributed by atoms with van der Waals surface area (Å²) < 4.78 is 7.22. The smallest absolute Gasteiger partial charge is 0.256 e. The van der Waals surface area contributed by atoms with E-state index in [0.717, 1.165) is 14.5 Å². The molecule has 0 aliphatic rings. The van der Waals surface area contributed by atoms with Crippen molar-refractivity contribution in [3.63, 3.8) is 0 Å². The first kappa shape index (κ1) is 16.0. The van der Waals surface area contributed by atoms with Crippen molar-refractivity contribution < 1.29 is 9.53 Å². The predicted octanol–water partition coefficient (Wildman–Crippen LogP) is 5.17. The lowest BCUT2D eigenvalue weighted by atomic mass is 10.2. The first-order chi connectivity index (χ1) is 10.0. The van der Waals surface area contributed by atoms with Crippen LogP contribution in [0.2, 0.25) is 0 Å². The number of benzene rings is 2. The van der Waals surface area contributed by atoms with Gasteiger partial charge in [0.05, 0.1) is 17.9 Å². The van der Waals surface area contributed by atoms with Crippen LogP contribution in [0, 0.1) is 6.92 Å². The van der Waals surface area contributed by atoms with Gasteiger partial charge in [-0.05, 0) is 65.7 Å². The summed E-state index contributed by atoms with van der Waals surface area (Å²) in [5, 5.41) is 2.89. The monoisotopic (exact) mass is 411 g/mol. The normalized spacial score (nSPS) is 10.3. The summed E-state index contributed by atoms with van der Waals surface area (Å²) in [6.45, 7) is 4.45. The number of amides is 1. The summed E-state index contributed by atoms with van der Waals surface area (Å²) >= 11 is 6.77. The molecule has 0 heterocycles. The highest BCUT2D eigenvalue weighted by Crippen LogP contribution is 2.28. The highest BCUT2D eigenvalue weighted by molar-refractivity contribution is 9.11. The Morgan fingerprint density at radius 1 is 1.19 bits per heavy atom. The van der Waals surface area contributed by atoms with Crippen LogP contribution >= 0.6 is 31.9 Å². The topological polar surface area (TPSA) is 38.3 Å². The maximum absolute atomic E-state index is 12.4. The predicted molar refractivity (Wildman–Crippen MR) is 92.1 cm³/mol. The van der Waals surface area contributed by atoms with Crippen molar-refractivity contribution in [2.45, 2.75) is 13.8 Å². The molecule has 1 amide bonds. The Balaban J connectivity index is 2.27. The third-order valence-electron chi connectivity index (χ3n) is 2.86. The van der Waals surface area contributed by atoms with Gasteiger partial charge in [0.1, 0.15) is 5.75 Å². The van der Waals surface area contributed by atoms with Crippen molar-refractivity contribution in [1.82, 2.24) is 0 Å². The number of ether oxygens (including phenoxy) is 1. The number of halogens is 2. The van der Waals surface area contributed by atoms with Gasteiger partial charge in [-0.3, -0.25) is 4.79 Å². The fourth-order valence-electron chi connectivity index (χ4n) is 1.87. The second-order valence-electron chi connectivity index (χ2n) is 4.51. The Morgan fingerprint density at radius 3 is 2.62 bits per heavy atom. The zero-order valence-electron chi connectivity index (χ0n) is 11.7. The van der Waals surface area contributed by atoms with E-state index >= 15 is 0 Å². The summed E-state index contributed by atoms with van der Waals surface area (Å²) in [5.74, 6) is 0.498. The van der Waals surface area contributed by atoms with Gasteiger partial charge in [0.15, 0.2) is 0 Å². The van der Waals surface area contributed by atoms with Crippen LogP contribution in [-0.2, 0) is 0 Å². The van der Waals surface area contributed by atoms with Crippen LogP contribution in [0.3, 0.4) is 0 Å². The van der Waals surface area contributed by atoms with Crippen molar-refractivity contribution in [2.75, 3.05) is 11.9 Å². The molecule has 0 spiro atoms. The third kappa shape index (κ3) is 4.08. The van der Waals surface area contributed by atoms with Crippen molar-refractivity contribution in [2.24, 2.45) is 0 Å². The molecule has 2 rings (SSSR count).